The molecule has 23 heavy (non-hydrogen) atoms. The zero-order chi connectivity index (χ0) is 17.2. The van der Waals surface area contributed by atoms with Gasteiger partial charge in [-0.15, -0.1) is 0 Å². The van der Waals surface area contributed by atoms with Gasteiger partial charge in [-0.2, -0.15) is 0 Å². The van der Waals surface area contributed by atoms with Crippen LogP contribution in [0.15, 0.2) is 46.8 Å². The highest BCUT2D eigenvalue weighted by Gasteiger charge is 2.18. The number of rotatable bonds is 9. The molecule has 0 amide bonds. The predicted molar refractivity (Wildman–Crippen MR) is 98.5 cm³/mol. The number of aliphatic hydroxyl groups excluding tert-OH is 1. The number of ketones is 1. The second-order valence-corrected chi connectivity index (χ2v) is 6.89. The summed E-state index contributed by atoms with van der Waals surface area (Å²) in [6, 6.07) is 0. The number of hydrogen-bond donors (Lipinski definition) is 1. The highest BCUT2D eigenvalue weighted by atomic mass is 16.3. The van der Waals surface area contributed by atoms with Gasteiger partial charge in [0.05, 0.1) is 5.57 Å². The van der Waals surface area contributed by atoms with Gasteiger partial charge in [-0.3, -0.25) is 4.79 Å². The van der Waals surface area contributed by atoms with Gasteiger partial charge in [0.25, 0.3) is 0 Å². The van der Waals surface area contributed by atoms with Gasteiger partial charge >= 0.3 is 0 Å². The Kier molecular flexibility index (Phi) is 8.68. The van der Waals surface area contributed by atoms with E-state index in [1.807, 2.05) is 6.08 Å². The van der Waals surface area contributed by atoms with Gasteiger partial charge in [-0.25, -0.2) is 0 Å². The minimum absolute atomic E-state index is 0.0482. The van der Waals surface area contributed by atoms with Crippen LogP contribution in [0.4, 0.5) is 0 Å². The molecule has 128 valence electrons. The van der Waals surface area contributed by atoms with Crippen molar-refractivity contribution in [2.24, 2.45) is 5.92 Å². The molecular weight excluding hydrogens is 284 g/mol. The van der Waals surface area contributed by atoms with E-state index in [0.717, 1.165) is 50.5 Å². The summed E-state index contributed by atoms with van der Waals surface area (Å²) in [5.74, 6) is 0.599. The third kappa shape index (κ3) is 7.49. The van der Waals surface area contributed by atoms with Gasteiger partial charge in [-0.05, 0) is 69.6 Å². The quantitative estimate of drug-likeness (QED) is 0.311. The van der Waals surface area contributed by atoms with Crippen LogP contribution in [0.1, 0.15) is 72.6 Å². The van der Waals surface area contributed by atoms with Crippen molar-refractivity contribution in [1.29, 1.82) is 0 Å². The Balaban J connectivity index is 2.56. The average Bonchev–Trinajstić information content (AvgIpc) is 2.46. The average molecular weight is 316 g/mol. The topological polar surface area (TPSA) is 37.3 Å². The minimum Gasteiger partial charge on any atom is -0.507 e. The van der Waals surface area contributed by atoms with Crippen molar-refractivity contribution < 1.29 is 9.90 Å². The molecule has 0 fully saturated rings. The standard InChI is InChI=1S/C21H32O2/c1-5-6-7-11-18-14-20(22)19(21(23)15-18)13-12-17(4)10-8-9-16(2)3/h9,13-15,17,22H,5-8,10-12H2,1-4H3/b19-13-/t17-/m1/s1. The summed E-state index contributed by atoms with van der Waals surface area (Å²) < 4.78 is 0. The van der Waals surface area contributed by atoms with E-state index < -0.39 is 0 Å². The summed E-state index contributed by atoms with van der Waals surface area (Å²) in [5.41, 5.74) is 2.77. The number of unbranched alkanes of at least 4 members (excludes halogenated alkanes) is 2. The number of aliphatic hydroxyl groups is 1. The largest absolute Gasteiger partial charge is 0.507 e. The molecule has 1 N–H and O–H groups in total. The maximum atomic E-state index is 12.2. The van der Waals surface area contributed by atoms with Crippen LogP contribution in [-0.4, -0.2) is 10.9 Å². The molecule has 0 aromatic heterocycles. The normalized spacial score (nSPS) is 17.7. The van der Waals surface area contributed by atoms with E-state index in [9.17, 15) is 9.90 Å². The molecule has 1 atom stereocenters. The van der Waals surface area contributed by atoms with Gasteiger partial charge < -0.3 is 5.11 Å². The Morgan fingerprint density at radius 1 is 1.26 bits per heavy atom. The molecule has 0 bridgehead atoms. The van der Waals surface area contributed by atoms with Crippen molar-refractivity contribution in [2.75, 3.05) is 0 Å². The van der Waals surface area contributed by atoms with E-state index in [1.165, 1.54) is 5.57 Å². The number of carbonyl (C=O) groups excluding carboxylic acids is 1. The van der Waals surface area contributed by atoms with Crippen LogP contribution >= 0.6 is 0 Å². The first-order valence-electron chi connectivity index (χ1n) is 8.93. The summed E-state index contributed by atoms with van der Waals surface area (Å²) in [4.78, 5) is 12.2. The second kappa shape index (κ2) is 10.3. The van der Waals surface area contributed by atoms with Gasteiger partial charge in [0.2, 0.25) is 0 Å². The van der Waals surface area contributed by atoms with Gasteiger partial charge in [0, 0.05) is 0 Å². The molecule has 1 aliphatic carbocycles. The maximum Gasteiger partial charge on any atom is 0.189 e. The van der Waals surface area contributed by atoms with Crippen molar-refractivity contribution in [3.63, 3.8) is 0 Å². The van der Waals surface area contributed by atoms with E-state index >= 15 is 0 Å². The van der Waals surface area contributed by atoms with Crippen molar-refractivity contribution in [2.45, 2.75) is 72.6 Å². The molecule has 1 aliphatic rings. The van der Waals surface area contributed by atoms with Crippen molar-refractivity contribution in [3.8, 4) is 0 Å². The third-order valence-corrected chi connectivity index (χ3v) is 4.19. The van der Waals surface area contributed by atoms with E-state index in [2.05, 4.69) is 33.8 Å². The van der Waals surface area contributed by atoms with Crippen molar-refractivity contribution >= 4 is 5.78 Å². The molecule has 2 heteroatoms. The molecule has 0 saturated heterocycles. The molecule has 0 radical (unpaired) electrons. The lowest BCUT2D eigenvalue weighted by molar-refractivity contribution is -0.111. The van der Waals surface area contributed by atoms with Crippen LogP contribution in [0.3, 0.4) is 0 Å². The molecule has 0 aromatic rings. The number of carbonyl (C=O) groups is 1. The van der Waals surface area contributed by atoms with Gasteiger partial charge in [-0.1, -0.05) is 44.4 Å². The summed E-state index contributed by atoms with van der Waals surface area (Å²) in [7, 11) is 0. The van der Waals surface area contributed by atoms with Crippen LogP contribution < -0.4 is 0 Å². The fourth-order valence-electron chi connectivity index (χ4n) is 2.69. The van der Waals surface area contributed by atoms with E-state index in [4.69, 9.17) is 0 Å². The highest BCUT2D eigenvalue weighted by Crippen LogP contribution is 2.24. The molecule has 0 aliphatic heterocycles. The van der Waals surface area contributed by atoms with Gasteiger partial charge in [0.15, 0.2) is 5.78 Å². The van der Waals surface area contributed by atoms with Crippen LogP contribution in [0.5, 0.6) is 0 Å². The van der Waals surface area contributed by atoms with Crippen LogP contribution in [0.2, 0.25) is 0 Å². The smallest absolute Gasteiger partial charge is 0.189 e. The van der Waals surface area contributed by atoms with E-state index in [1.54, 1.807) is 12.2 Å². The molecule has 0 spiro atoms. The lowest BCUT2D eigenvalue weighted by Gasteiger charge is -2.13. The molecule has 0 heterocycles. The van der Waals surface area contributed by atoms with Crippen LogP contribution in [0.25, 0.3) is 0 Å². The molecule has 0 saturated carbocycles. The summed E-state index contributed by atoms with van der Waals surface area (Å²) >= 11 is 0. The molecule has 1 rings (SSSR count). The van der Waals surface area contributed by atoms with Crippen molar-refractivity contribution in [1.82, 2.24) is 0 Å². The lowest BCUT2D eigenvalue weighted by Crippen LogP contribution is -2.09. The van der Waals surface area contributed by atoms with Crippen LogP contribution in [0, 0.1) is 5.92 Å². The first-order chi connectivity index (χ1) is 10.9. The summed E-state index contributed by atoms with van der Waals surface area (Å²) in [6.45, 7) is 8.57. The van der Waals surface area contributed by atoms with E-state index in [0.29, 0.717) is 11.5 Å². The highest BCUT2D eigenvalue weighted by molar-refractivity contribution is 6.08. The SMILES string of the molecule is CCCCCC1=CC(=O)/C(=C\C[C@H](C)CCC=C(C)C)C(O)=C1. The number of hydrogen-bond acceptors (Lipinski definition) is 2. The fraction of sp³-hybridized carbons (Fsp3) is 0.571. The fourth-order valence-corrected chi connectivity index (χ4v) is 2.69. The Bertz CT molecular complexity index is 514. The Hall–Kier alpha value is -1.57. The molecule has 0 unspecified atom stereocenters. The Morgan fingerprint density at radius 3 is 2.61 bits per heavy atom. The van der Waals surface area contributed by atoms with E-state index in [-0.39, 0.29) is 11.5 Å². The summed E-state index contributed by atoms with van der Waals surface area (Å²) in [6.07, 6.45) is 14.9. The molecule has 0 aromatic carbocycles. The lowest BCUT2D eigenvalue weighted by atomic mass is 9.93. The summed E-state index contributed by atoms with van der Waals surface area (Å²) in [5, 5.41) is 10.1. The molecule has 2 nitrogen and oxygen atoms in total. The first kappa shape index (κ1) is 19.5. The first-order valence-corrected chi connectivity index (χ1v) is 8.93. The zero-order valence-electron chi connectivity index (χ0n) is 15.2. The number of allylic oxidation sites excluding steroid dienone is 7. The Morgan fingerprint density at radius 2 is 2.00 bits per heavy atom. The maximum absolute atomic E-state index is 12.2. The zero-order valence-corrected chi connectivity index (χ0v) is 15.2. The minimum atomic E-state index is -0.0482. The van der Waals surface area contributed by atoms with Crippen LogP contribution in [-0.2, 0) is 4.79 Å². The predicted octanol–water partition coefficient (Wildman–Crippen LogP) is 6.22. The van der Waals surface area contributed by atoms with Gasteiger partial charge in [0.1, 0.15) is 5.76 Å². The second-order valence-electron chi connectivity index (χ2n) is 6.89. The third-order valence-electron chi connectivity index (χ3n) is 4.19. The van der Waals surface area contributed by atoms with Crippen molar-refractivity contribution in [3.05, 3.63) is 46.8 Å². The molecular formula is C21H32O2. The Labute approximate surface area is 141 Å². The monoisotopic (exact) mass is 316 g/mol.